The lowest BCUT2D eigenvalue weighted by atomic mass is 10.1. The molecule has 0 aliphatic heterocycles. The van der Waals surface area contributed by atoms with E-state index in [1.807, 2.05) is 0 Å². The first kappa shape index (κ1) is 29.6. The lowest BCUT2D eigenvalue weighted by Crippen LogP contribution is -2.48. The highest BCUT2D eigenvalue weighted by Gasteiger charge is 2.33. The Hall–Kier alpha value is -0.400. The highest BCUT2D eigenvalue weighted by atomic mass is 16.6. The van der Waals surface area contributed by atoms with E-state index in [-0.39, 0.29) is 0 Å². The molecule has 30 heavy (non-hydrogen) atoms. The van der Waals surface area contributed by atoms with Gasteiger partial charge in [-0.1, -0.05) is 0 Å². The third-order valence-corrected chi connectivity index (χ3v) is 4.00. The van der Waals surface area contributed by atoms with Crippen molar-refractivity contribution in [3.05, 3.63) is 0 Å². The smallest absolute Gasteiger partial charge is 0.114 e. The zero-order valence-corrected chi connectivity index (χ0v) is 19.3. The molecule has 2 atom stereocenters. The molecule has 0 aliphatic carbocycles. The third kappa shape index (κ3) is 16.3. The van der Waals surface area contributed by atoms with Crippen LogP contribution in [0.5, 0.6) is 0 Å². The van der Waals surface area contributed by atoms with E-state index in [1.54, 1.807) is 35.5 Å². The van der Waals surface area contributed by atoms with E-state index in [4.69, 9.17) is 47.4 Å². The second-order valence-electron chi connectivity index (χ2n) is 6.27. The van der Waals surface area contributed by atoms with Gasteiger partial charge in [0, 0.05) is 35.5 Å². The third-order valence-electron chi connectivity index (χ3n) is 4.00. The lowest BCUT2D eigenvalue weighted by molar-refractivity contribution is -0.178. The molecule has 0 saturated carbocycles. The summed E-state index contributed by atoms with van der Waals surface area (Å²) in [4.78, 5) is 0. The van der Waals surface area contributed by atoms with Crippen molar-refractivity contribution in [2.24, 2.45) is 0 Å². The molecule has 0 amide bonds. The summed E-state index contributed by atoms with van der Waals surface area (Å²) in [6.07, 6.45) is -1.24. The van der Waals surface area contributed by atoms with Gasteiger partial charge in [-0.15, -0.1) is 0 Å². The predicted octanol–water partition coefficient (Wildman–Crippen LogP) is 0.407. The standard InChI is InChI=1S/C20H42O10/c1-21-6-11-26-16-18(28-13-8-23-3)20(30-15-10-25-5)19(29-14-9-24-4)17-27-12-7-22-2/h18-20H,6-17H2,1-5H3. The topological polar surface area (TPSA) is 92.3 Å². The Kier molecular flexibility index (Phi) is 23.0. The minimum atomic E-state index is -0.445. The molecule has 0 aliphatic rings. The molecule has 0 rings (SSSR count). The quantitative estimate of drug-likeness (QED) is 0.196. The van der Waals surface area contributed by atoms with Crippen molar-refractivity contribution in [2.45, 2.75) is 18.3 Å². The van der Waals surface area contributed by atoms with Gasteiger partial charge in [0.2, 0.25) is 0 Å². The van der Waals surface area contributed by atoms with Crippen molar-refractivity contribution in [3.8, 4) is 0 Å². The van der Waals surface area contributed by atoms with Gasteiger partial charge in [0.25, 0.3) is 0 Å². The van der Waals surface area contributed by atoms with E-state index in [1.165, 1.54) is 0 Å². The average molecular weight is 443 g/mol. The Balaban J connectivity index is 5.20. The molecule has 2 unspecified atom stereocenters. The number of rotatable bonds is 24. The fraction of sp³-hybridized carbons (Fsp3) is 1.00. The van der Waals surface area contributed by atoms with Crippen LogP contribution in [0.1, 0.15) is 0 Å². The van der Waals surface area contributed by atoms with E-state index in [9.17, 15) is 0 Å². The molecule has 10 nitrogen and oxygen atoms in total. The van der Waals surface area contributed by atoms with Gasteiger partial charge in [0.1, 0.15) is 18.3 Å². The molecule has 0 spiro atoms. The van der Waals surface area contributed by atoms with Crippen LogP contribution in [-0.4, -0.2) is 133 Å². The Labute approximate surface area is 181 Å². The van der Waals surface area contributed by atoms with Gasteiger partial charge in [-0.05, 0) is 0 Å². The highest BCUT2D eigenvalue weighted by molar-refractivity contribution is 4.81. The zero-order chi connectivity index (χ0) is 22.3. The first-order chi connectivity index (χ1) is 14.7. The molecular formula is C20H42O10. The lowest BCUT2D eigenvalue weighted by Gasteiger charge is -2.33. The van der Waals surface area contributed by atoms with Crippen LogP contribution in [0.3, 0.4) is 0 Å². The number of hydrogen-bond donors (Lipinski definition) is 0. The van der Waals surface area contributed by atoms with Crippen molar-refractivity contribution in [1.82, 2.24) is 0 Å². The van der Waals surface area contributed by atoms with Gasteiger partial charge in [-0.25, -0.2) is 0 Å². The van der Waals surface area contributed by atoms with Gasteiger partial charge in [0.05, 0.1) is 79.3 Å². The van der Waals surface area contributed by atoms with Crippen LogP contribution in [0.15, 0.2) is 0 Å². The molecule has 0 aromatic rings. The summed E-state index contributed by atoms with van der Waals surface area (Å²) in [5.74, 6) is 0. The zero-order valence-electron chi connectivity index (χ0n) is 19.3. The minimum Gasteiger partial charge on any atom is -0.382 e. The Morgan fingerprint density at radius 1 is 0.400 bits per heavy atom. The van der Waals surface area contributed by atoms with Crippen molar-refractivity contribution in [3.63, 3.8) is 0 Å². The molecule has 0 heterocycles. The van der Waals surface area contributed by atoms with Crippen LogP contribution in [0, 0.1) is 0 Å². The SMILES string of the molecule is COCCOCC(OCCOC)C(OCCOC)C(COCCOC)OCCOC. The predicted molar refractivity (Wildman–Crippen MR) is 110 cm³/mol. The monoisotopic (exact) mass is 442 g/mol. The average Bonchev–Trinajstić information content (AvgIpc) is 2.75. The summed E-state index contributed by atoms with van der Waals surface area (Å²) in [5, 5.41) is 0. The summed E-state index contributed by atoms with van der Waals surface area (Å²) in [7, 11) is 8.13. The molecule has 0 N–H and O–H groups in total. The van der Waals surface area contributed by atoms with Crippen LogP contribution >= 0.6 is 0 Å². The number of ether oxygens (including phenoxy) is 10. The van der Waals surface area contributed by atoms with Gasteiger partial charge in [-0.3, -0.25) is 0 Å². The Morgan fingerprint density at radius 2 is 0.733 bits per heavy atom. The Morgan fingerprint density at radius 3 is 1.10 bits per heavy atom. The van der Waals surface area contributed by atoms with E-state index in [2.05, 4.69) is 0 Å². The maximum absolute atomic E-state index is 6.10. The molecule has 0 radical (unpaired) electrons. The summed E-state index contributed by atoms with van der Waals surface area (Å²) in [6, 6.07) is 0. The maximum atomic E-state index is 6.10. The van der Waals surface area contributed by atoms with E-state index in [0.717, 1.165) is 0 Å². The molecule has 10 heteroatoms. The second-order valence-corrected chi connectivity index (χ2v) is 6.27. The van der Waals surface area contributed by atoms with Crippen molar-refractivity contribution in [2.75, 3.05) is 115 Å². The fourth-order valence-electron chi connectivity index (χ4n) is 2.45. The Bertz CT molecular complexity index is 309. The molecular weight excluding hydrogens is 400 g/mol. The summed E-state index contributed by atoms with van der Waals surface area (Å²) < 4.78 is 55.1. The summed E-state index contributed by atoms with van der Waals surface area (Å²) in [6.45, 7) is 5.05. The van der Waals surface area contributed by atoms with Gasteiger partial charge in [0.15, 0.2) is 0 Å². The van der Waals surface area contributed by atoms with Crippen LogP contribution in [-0.2, 0) is 47.4 Å². The fourth-order valence-corrected chi connectivity index (χ4v) is 2.45. The van der Waals surface area contributed by atoms with Crippen molar-refractivity contribution < 1.29 is 47.4 Å². The van der Waals surface area contributed by atoms with E-state index in [0.29, 0.717) is 79.3 Å². The van der Waals surface area contributed by atoms with Crippen LogP contribution in [0.25, 0.3) is 0 Å². The molecule has 182 valence electrons. The van der Waals surface area contributed by atoms with Crippen LogP contribution < -0.4 is 0 Å². The van der Waals surface area contributed by atoms with E-state index >= 15 is 0 Å². The molecule has 0 saturated heterocycles. The van der Waals surface area contributed by atoms with Crippen LogP contribution in [0.2, 0.25) is 0 Å². The maximum Gasteiger partial charge on any atom is 0.114 e. The van der Waals surface area contributed by atoms with Gasteiger partial charge < -0.3 is 47.4 Å². The molecule has 0 aromatic heterocycles. The van der Waals surface area contributed by atoms with Crippen LogP contribution in [0.4, 0.5) is 0 Å². The van der Waals surface area contributed by atoms with E-state index < -0.39 is 18.3 Å². The van der Waals surface area contributed by atoms with Crippen molar-refractivity contribution >= 4 is 0 Å². The van der Waals surface area contributed by atoms with Gasteiger partial charge in [-0.2, -0.15) is 0 Å². The number of hydrogen-bond acceptors (Lipinski definition) is 10. The molecule has 0 aromatic carbocycles. The molecule has 0 fully saturated rings. The second kappa shape index (κ2) is 23.3. The normalized spacial score (nSPS) is 14.7. The van der Waals surface area contributed by atoms with Crippen molar-refractivity contribution in [1.29, 1.82) is 0 Å². The highest BCUT2D eigenvalue weighted by Crippen LogP contribution is 2.15. The first-order valence-corrected chi connectivity index (χ1v) is 10.2. The molecule has 0 bridgehead atoms. The number of methoxy groups -OCH3 is 5. The first-order valence-electron chi connectivity index (χ1n) is 10.2. The minimum absolute atomic E-state index is 0.312. The van der Waals surface area contributed by atoms with Gasteiger partial charge >= 0.3 is 0 Å². The summed E-state index contributed by atoms with van der Waals surface area (Å²) >= 11 is 0. The largest absolute Gasteiger partial charge is 0.382 e. The summed E-state index contributed by atoms with van der Waals surface area (Å²) in [5.41, 5.74) is 0.